The summed E-state index contributed by atoms with van der Waals surface area (Å²) in [5.74, 6) is -0.282. The van der Waals surface area contributed by atoms with Crippen molar-refractivity contribution in [3.8, 4) is 0 Å². The van der Waals surface area contributed by atoms with Crippen LogP contribution in [0.1, 0.15) is 29.3 Å². The van der Waals surface area contributed by atoms with Gasteiger partial charge < -0.3 is 5.32 Å². The maximum atomic E-state index is 13.1. The van der Waals surface area contributed by atoms with Crippen LogP contribution in [0.3, 0.4) is 0 Å². The molecule has 3 heteroatoms. The van der Waals surface area contributed by atoms with Gasteiger partial charge in [0, 0.05) is 16.9 Å². The number of hydrogen-bond acceptors (Lipinski definition) is 2. The van der Waals surface area contributed by atoms with Crippen molar-refractivity contribution in [3.63, 3.8) is 0 Å². The molecule has 0 amide bonds. The van der Waals surface area contributed by atoms with Crippen molar-refractivity contribution >= 4 is 17.5 Å². The number of allylic oxidation sites excluding steroid dienone is 5. The number of hydrogen-bond donors (Lipinski definition) is 1. The Morgan fingerprint density at radius 2 is 2.15 bits per heavy atom. The number of benzene rings is 1. The summed E-state index contributed by atoms with van der Waals surface area (Å²) in [5, 5.41) is 3.17. The van der Waals surface area contributed by atoms with Crippen molar-refractivity contribution in [1.29, 1.82) is 0 Å². The predicted molar refractivity (Wildman–Crippen MR) is 81.2 cm³/mol. The van der Waals surface area contributed by atoms with E-state index in [0.717, 1.165) is 11.3 Å². The summed E-state index contributed by atoms with van der Waals surface area (Å²) >= 11 is 0. The molecule has 0 saturated carbocycles. The van der Waals surface area contributed by atoms with E-state index in [2.05, 4.69) is 11.9 Å². The minimum atomic E-state index is -0.260. The Hall–Kier alpha value is -2.42. The Morgan fingerprint density at radius 1 is 1.35 bits per heavy atom. The number of ketones is 1. The largest absolute Gasteiger partial charge is 0.355 e. The van der Waals surface area contributed by atoms with Gasteiger partial charge in [-0.05, 0) is 49.3 Å². The van der Waals surface area contributed by atoms with Gasteiger partial charge >= 0.3 is 0 Å². The number of nitrogens with one attached hydrogen (secondary N) is 1. The van der Waals surface area contributed by atoms with Gasteiger partial charge in [-0.1, -0.05) is 24.8 Å². The first kappa shape index (κ1) is 14.0. The molecule has 0 bridgehead atoms. The van der Waals surface area contributed by atoms with E-state index < -0.39 is 0 Å². The zero-order valence-electron chi connectivity index (χ0n) is 11.3. The highest BCUT2D eigenvalue weighted by Crippen LogP contribution is 2.22. The number of carbonyl (C=O) groups excluding carboxylic acids is 1. The quantitative estimate of drug-likeness (QED) is 0.807. The lowest BCUT2D eigenvalue weighted by Crippen LogP contribution is -2.04. The molecule has 0 radical (unpaired) electrons. The first-order valence-corrected chi connectivity index (χ1v) is 6.38. The molecule has 20 heavy (non-hydrogen) atoms. The van der Waals surface area contributed by atoms with Gasteiger partial charge in [0.15, 0.2) is 5.78 Å². The van der Waals surface area contributed by atoms with Crippen LogP contribution < -0.4 is 5.32 Å². The Kier molecular flexibility index (Phi) is 4.31. The molecule has 0 heterocycles. The van der Waals surface area contributed by atoms with E-state index in [0.29, 0.717) is 17.7 Å². The van der Waals surface area contributed by atoms with Crippen molar-refractivity contribution < 1.29 is 9.18 Å². The van der Waals surface area contributed by atoms with Crippen LogP contribution in [0.15, 0.2) is 60.6 Å². The normalized spacial score (nSPS) is 14.1. The fraction of sp³-hybridized carbons (Fsp3) is 0.118. The lowest BCUT2D eigenvalue weighted by molar-refractivity contribution is 0.101. The molecule has 0 unspecified atom stereocenters. The van der Waals surface area contributed by atoms with E-state index >= 15 is 0 Å². The molecule has 0 spiro atoms. The summed E-state index contributed by atoms with van der Waals surface area (Å²) in [6.45, 7) is 5.24. The number of carbonyl (C=O) groups is 1. The third-order valence-corrected chi connectivity index (χ3v) is 3.01. The highest BCUT2D eigenvalue weighted by Gasteiger charge is 2.08. The fourth-order valence-corrected chi connectivity index (χ4v) is 1.95. The minimum absolute atomic E-state index is 0.0226. The van der Waals surface area contributed by atoms with Crippen molar-refractivity contribution in [2.24, 2.45) is 0 Å². The van der Waals surface area contributed by atoms with Gasteiger partial charge in [-0.3, -0.25) is 4.79 Å². The Balaban J connectivity index is 2.32. The maximum Gasteiger partial charge on any atom is 0.161 e. The van der Waals surface area contributed by atoms with Crippen LogP contribution in [0.5, 0.6) is 0 Å². The van der Waals surface area contributed by atoms with E-state index in [4.69, 9.17) is 0 Å². The average Bonchev–Trinajstić information content (AvgIpc) is 2.63. The first-order chi connectivity index (χ1) is 9.60. The van der Waals surface area contributed by atoms with Crippen molar-refractivity contribution in [2.75, 3.05) is 5.32 Å². The SMILES string of the molecule is C=Cc1ccc(C(C)=O)c(NC2=CCC=C(F)C=C2)c1. The van der Waals surface area contributed by atoms with E-state index in [1.54, 1.807) is 18.2 Å². The molecule has 0 aromatic heterocycles. The Morgan fingerprint density at radius 3 is 2.85 bits per heavy atom. The molecule has 1 N–H and O–H groups in total. The molecule has 0 aliphatic heterocycles. The van der Waals surface area contributed by atoms with Crippen LogP contribution in [0.4, 0.5) is 10.1 Å². The third kappa shape index (κ3) is 3.32. The van der Waals surface area contributed by atoms with Crippen LogP contribution in [0.2, 0.25) is 0 Å². The molecule has 0 saturated heterocycles. The molecule has 0 atom stereocenters. The number of halogens is 1. The topological polar surface area (TPSA) is 29.1 Å². The smallest absolute Gasteiger partial charge is 0.161 e. The molecule has 0 fully saturated rings. The summed E-state index contributed by atoms with van der Waals surface area (Å²) in [6, 6.07) is 5.46. The number of Topliss-reactive ketones (excluding diaryl/α,β-unsaturated/α-hetero) is 1. The lowest BCUT2D eigenvalue weighted by Gasteiger charge is -2.12. The second kappa shape index (κ2) is 6.15. The number of rotatable bonds is 4. The first-order valence-electron chi connectivity index (χ1n) is 6.38. The van der Waals surface area contributed by atoms with Crippen LogP contribution in [0.25, 0.3) is 6.08 Å². The lowest BCUT2D eigenvalue weighted by atomic mass is 10.1. The zero-order chi connectivity index (χ0) is 14.5. The van der Waals surface area contributed by atoms with Crippen molar-refractivity contribution in [3.05, 3.63) is 71.7 Å². The summed E-state index contributed by atoms with van der Waals surface area (Å²) in [6.07, 6.45) is 8.65. The van der Waals surface area contributed by atoms with E-state index in [1.165, 1.54) is 19.1 Å². The fourth-order valence-electron chi connectivity index (χ4n) is 1.95. The molecule has 1 aliphatic carbocycles. The molecule has 2 nitrogen and oxygen atoms in total. The molecule has 2 rings (SSSR count). The third-order valence-electron chi connectivity index (χ3n) is 3.01. The second-order valence-corrected chi connectivity index (χ2v) is 4.51. The number of anilines is 1. The van der Waals surface area contributed by atoms with Gasteiger partial charge in [0.1, 0.15) is 5.83 Å². The average molecular weight is 269 g/mol. The van der Waals surface area contributed by atoms with Gasteiger partial charge in [0.05, 0.1) is 0 Å². The Bertz CT molecular complexity index is 638. The maximum absolute atomic E-state index is 13.1. The monoisotopic (exact) mass is 269 g/mol. The van der Waals surface area contributed by atoms with Crippen molar-refractivity contribution in [1.82, 2.24) is 0 Å². The summed E-state index contributed by atoms with van der Waals surface area (Å²) in [4.78, 5) is 11.7. The summed E-state index contributed by atoms with van der Waals surface area (Å²) in [5.41, 5.74) is 2.98. The van der Waals surface area contributed by atoms with Gasteiger partial charge in [-0.25, -0.2) is 4.39 Å². The highest BCUT2D eigenvalue weighted by molar-refractivity contribution is 6.00. The zero-order valence-corrected chi connectivity index (χ0v) is 11.3. The second-order valence-electron chi connectivity index (χ2n) is 4.51. The standard InChI is InChI=1S/C17H16FNO/c1-3-13-7-10-16(12(2)20)17(11-13)19-15-6-4-5-14(18)8-9-15/h3,5-11,19H,1,4H2,2H3. The minimum Gasteiger partial charge on any atom is -0.355 e. The molecular formula is C17H16FNO. The molecule has 1 aromatic rings. The molecule has 102 valence electrons. The van der Waals surface area contributed by atoms with Crippen LogP contribution in [-0.2, 0) is 0 Å². The van der Waals surface area contributed by atoms with Gasteiger partial charge in [-0.2, -0.15) is 0 Å². The molecule has 1 aliphatic rings. The van der Waals surface area contributed by atoms with E-state index in [9.17, 15) is 9.18 Å². The van der Waals surface area contributed by atoms with Gasteiger partial charge in [0.2, 0.25) is 0 Å². The summed E-state index contributed by atoms with van der Waals surface area (Å²) < 4.78 is 13.1. The van der Waals surface area contributed by atoms with E-state index in [-0.39, 0.29) is 11.6 Å². The van der Waals surface area contributed by atoms with Crippen LogP contribution >= 0.6 is 0 Å². The molecular weight excluding hydrogens is 253 g/mol. The Labute approximate surface area is 118 Å². The van der Waals surface area contributed by atoms with E-state index in [1.807, 2.05) is 18.2 Å². The molecule has 1 aromatic carbocycles. The van der Waals surface area contributed by atoms with Gasteiger partial charge in [0.25, 0.3) is 0 Å². The van der Waals surface area contributed by atoms with Crippen LogP contribution in [-0.4, -0.2) is 5.78 Å². The van der Waals surface area contributed by atoms with Crippen molar-refractivity contribution in [2.45, 2.75) is 13.3 Å². The van der Waals surface area contributed by atoms with Crippen LogP contribution in [0, 0.1) is 0 Å². The highest BCUT2D eigenvalue weighted by atomic mass is 19.1. The predicted octanol–water partition coefficient (Wildman–Crippen LogP) is 4.64. The van der Waals surface area contributed by atoms with Gasteiger partial charge in [-0.15, -0.1) is 0 Å². The summed E-state index contributed by atoms with van der Waals surface area (Å²) in [7, 11) is 0.